The van der Waals surface area contributed by atoms with Gasteiger partial charge in [-0.05, 0) is 39.0 Å². The second-order valence-electron chi connectivity index (χ2n) is 8.92. The van der Waals surface area contributed by atoms with Gasteiger partial charge in [-0.2, -0.15) is 18.2 Å². The van der Waals surface area contributed by atoms with Gasteiger partial charge in [0.2, 0.25) is 0 Å². The number of amides is 1. The van der Waals surface area contributed by atoms with Crippen LogP contribution in [0.4, 0.5) is 23.8 Å². The van der Waals surface area contributed by atoms with E-state index in [-0.39, 0.29) is 31.0 Å². The molecule has 3 aromatic rings. The summed E-state index contributed by atoms with van der Waals surface area (Å²) in [5, 5.41) is 10.3. The molecule has 1 fully saturated rings. The van der Waals surface area contributed by atoms with Crippen molar-refractivity contribution >= 4 is 23.3 Å². The number of alkyl halides is 3. The number of aliphatic imine (C=N–C) groups is 1. The van der Waals surface area contributed by atoms with E-state index in [1.165, 1.54) is 22.9 Å². The lowest BCUT2D eigenvalue weighted by molar-refractivity contribution is -0.137. The third-order valence-corrected chi connectivity index (χ3v) is 4.95. The van der Waals surface area contributed by atoms with Crippen molar-refractivity contribution in [3.8, 4) is 11.5 Å². The Kier molecular flexibility index (Phi) is 6.02. The van der Waals surface area contributed by atoms with Crippen LogP contribution in [-0.4, -0.2) is 61.1 Å². The van der Waals surface area contributed by atoms with Crippen molar-refractivity contribution in [3.63, 3.8) is 0 Å². The van der Waals surface area contributed by atoms with Gasteiger partial charge in [0.15, 0.2) is 5.82 Å². The predicted molar refractivity (Wildman–Crippen MR) is 118 cm³/mol. The van der Waals surface area contributed by atoms with Gasteiger partial charge in [-0.15, -0.1) is 0 Å². The Balaban J connectivity index is 1.63. The van der Waals surface area contributed by atoms with Crippen LogP contribution in [0.15, 0.2) is 41.8 Å². The Morgan fingerprint density at radius 3 is 2.68 bits per heavy atom. The second kappa shape index (κ2) is 8.67. The first-order valence-electron chi connectivity index (χ1n) is 10.5. The maximum Gasteiger partial charge on any atom is 0.434 e. The van der Waals surface area contributed by atoms with Crippen LogP contribution in [0.1, 0.15) is 32.8 Å². The summed E-state index contributed by atoms with van der Waals surface area (Å²) >= 11 is 0. The van der Waals surface area contributed by atoms with Crippen molar-refractivity contribution in [1.82, 2.24) is 19.4 Å². The number of halogens is 3. The molecule has 1 amide bonds. The lowest BCUT2D eigenvalue weighted by Crippen LogP contribution is -2.44. The minimum Gasteiger partial charge on any atom is -0.442 e. The number of fused-ring (bicyclic) bond motifs is 1. The fourth-order valence-corrected chi connectivity index (χ4v) is 3.57. The van der Waals surface area contributed by atoms with E-state index in [0.717, 1.165) is 12.3 Å². The highest BCUT2D eigenvalue weighted by Crippen LogP contribution is 2.30. The van der Waals surface area contributed by atoms with Crippen LogP contribution < -0.4 is 4.90 Å². The zero-order valence-corrected chi connectivity index (χ0v) is 18.7. The summed E-state index contributed by atoms with van der Waals surface area (Å²) in [4.78, 5) is 30.6. The van der Waals surface area contributed by atoms with Crippen LogP contribution in [0.3, 0.4) is 0 Å². The molecule has 0 aliphatic carbocycles. The largest absolute Gasteiger partial charge is 0.442 e. The molecule has 1 aliphatic heterocycles. The average molecular weight is 476 g/mol. The summed E-state index contributed by atoms with van der Waals surface area (Å²) in [7, 11) is 0. The molecule has 12 heteroatoms. The molecule has 1 N–H and O–H groups in total. The molecule has 4 rings (SSSR count). The van der Waals surface area contributed by atoms with Crippen LogP contribution >= 0.6 is 0 Å². The SMILES string of the molecule is CC(C)(C)OC(=O)N=C1C[C@H](O)CN(c2ccnc(-c3cnc4ccc(C(F)(F)F)cn34)n2)C1. The van der Waals surface area contributed by atoms with Gasteiger partial charge >= 0.3 is 12.3 Å². The van der Waals surface area contributed by atoms with E-state index >= 15 is 0 Å². The molecule has 1 saturated heterocycles. The molecule has 1 aliphatic rings. The molecular formula is C22H23F3N6O3. The number of pyridine rings is 1. The molecule has 9 nitrogen and oxygen atoms in total. The van der Waals surface area contributed by atoms with Crippen LogP contribution in [0.2, 0.25) is 0 Å². The van der Waals surface area contributed by atoms with Crippen molar-refractivity contribution in [3.05, 3.63) is 42.4 Å². The summed E-state index contributed by atoms with van der Waals surface area (Å²) in [5.74, 6) is 0.581. The Hall–Kier alpha value is -3.54. The van der Waals surface area contributed by atoms with Gasteiger partial charge in [-0.1, -0.05) is 0 Å². The molecule has 4 heterocycles. The lowest BCUT2D eigenvalue weighted by Gasteiger charge is -2.32. The van der Waals surface area contributed by atoms with Crippen molar-refractivity contribution in [2.45, 2.75) is 45.1 Å². The van der Waals surface area contributed by atoms with Gasteiger partial charge in [0.25, 0.3) is 0 Å². The van der Waals surface area contributed by atoms with Gasteiger partial charge in [0.05, 0.1) is 24.4 Å². The van der Waals surface area contributed by atoms with Gasteiger partial charge < -0.3 is 14.7 Å². The number of carbonyl (C=O) groups is 1. The van der Waals surface area contributed by atoms with Gasteiger partial charge in [0.1, 0.15) is 22.8 Å². The Bertz CT molecular complexity index is 1250. The molecule has 3 aromatic heterocycles. The summed E-state index contributed by atoms with van der Waals surface area (Å²) in [6, 6.07) is 3.84. The fourth-order valence-electron chi connectivity index (χ4n) is 3.57. The van der Waals surface area contributed by atoms with Gasteiger partial charge in [-0.3, -0.25) is 4.40 Å². The topological polar surface area (TPSA) is 105 Å². The number of aromatic nitrogens is 4. The van der Waals surface area contributed by atoms with Crippen LogP contribution in [0, 0.1) is 0 Å². The van der Waals surface area contributed by atoms with Gasteiger partial charge in [-0.25, -0.2) is 19.7 Å². The molecule has 0 bridgehead atoms. The number of anilines is 1. The standard InChI is InChI=1S/C22H23F3N6O3/c1-21(2,3)34-20(33)28-14-8-15(32)12-30(11-14)18-6-7-26-19(29-18)16-9-27-17-5-4-13(10-31(16)17)22(23,24)25/h4-7,9-10,15,32H,8,11-12H2,1-3H3/t15-/m0/s1. The first-order valence-corrected chi connectivity index (χ1v) is 10.5. The normalized spacial score (nSPS) is 18.5. The number of ether oxygens (including phenoxy) is 1. The van der Waals surface area contributed by atoms with Crippen LogP contribution in [0.5, 0.6) is 0 Å². The molecule has 34 heavy (non-hydrogen) atoms. The van der Waals surface area contributed by atoms with E-state index in [1.54, 1.807) is 31.7 Å². The minimum atomic E-state index is -4.51. The van der Waals surface area contributed by atoms with Crippen LogP contribution in [0.25, 0.3) is 17.2 Å². The number of rotatable bonds is 2. The second-order valence-corrected chi connectivity index (χ2v) is 8.92. The van der Waals surface area contributed by atoms with Crippen LogP contribution in [-0.2, 0) is 10.9 Å². The number of hydrogen-bond acceptors (Lipinski definition) is 7. The smallest absolute Gasteiger partial charge is 0.434 e. The van der Waals surface area contributed by atoms with E-state index in [1.807, 2.05) is 0 Å². The van der Waals surface area contributed by atoms with Crippen molar-refractivity contribution in [1.29, 1.82) is 0 Å². The number of hydrogen-bond donors (Lipinski definition) is 1. The molecule has 0 unspecified atom stereocenters. The van der Waals surface area contributed by atoms with Crippen molar-refractivity contribution in [2.75, 3.05) is 18.0 Å². The summed E-state index contributed by atoms with van der Waals surface area (Å²) in [6.45, 7) is 5.64. The monoisotopic (exact) mass is 476 g/mol. The van der Waals surface area contributed by atoms with E-state index < -0.39 is 29.5 Å². The minimum absolute atomic E-state index is 0.162. The molecule has 180 valence electrons. The number of imidazole rings is 1. The lowest BCUT2D eigenvalue weighted by atomic mass is 10.1. The molecule has 0 spiro atoms. The zero-order chi connectivity index (χ0) is 24.7. The number of carbonyl (C=O) groups excluding carboxylic acids is 1. The first-order chi connectivity index (χ1) is 15.9. The number of aliphatic hydroxyl groups excluding tert-OH is 1. The summed E-state index contributed by atoms with van der Waals surface area (Å²) < 4.78 is 46.0. The third-order valence-electron chi connectivity index (χ3n) is 4.95. The maximum atomic E-state index is 13.2. The highest BCUT2D eigenvalue weighted by atomic mass is 19.4. The quantitative estimate of drug-likeness (QED) is 0.601. The number of aliphatic hydroxyl groups is 1. The maximum absolute atomic E-state index is 13.2. The van der Waals surface area contributed by atoms with E-state index in [2.05, 4.69) is 19.9 Å². The van der Waals surface area contributed by atoms with Crippen molar-refractivity contribution in [2.24, 2.45) is 4.99 Å². The zero-order valence-electron chi connectivity index (χ0n) is 18.7. The van der Waals surface area contributed by atoms with E-state index in [9.17, 15) is 23.1 Å². The third kappa shape index (κ3) is 5.33. The molecule has 1 atom stereocenters. The molecular weight excluding hydrogens is 453 g/mol. The average Bonchev–Trinajstić information content (AvgIpc) is 3.14. The number of piperidine rings is 1. The van der Waals surface area contributed by atoms with Crippen molar-refractivity contribution < 1.29 is 27.8 Å². The fraction of sp³-hybridized carbons (Fsp3) is 0.409. The highest BCUT2D eigenvalue weighted by molar-refractivity contribution is 5.97. The Morgan fingerprint density at radius 2 is 1.97 bits per heavy atom. The molecule has 0 aromatic carbocycles. The summed E-state index contributed by atoms with van der Waals surface area (Å²) in [5.41, 5.74) is -0.494. The predicted octanol–water partition coefficient (Wildman–Crippen LogP) is 3.76. The first kappa shape index (κ1) is 23.6. The van der Waals surface area contributed by atoms with E-state index in [0.29, 0.717) is 17.2 Å². The highest BCUT2D eigenvalue weighted by Gasteiger charge is 2.31. The Labute approximate surface area is 192 Å². The van der Waals surface area contributed by atoms with E-state index in [4.69, 9.17) is 4.74 Å². The summed E-state index contributed by atoms with van der Waals surface area (Å²) in [6.07, 6.45) is -2.02. The number of nitrogens with zero attached hydrogens (tertiary/aromatic N) is 6. The number of β-amino-alcohol motifs (C(OH)–C–C–N with tert-alkyl or cyclic N) is 1. The van der Waals surface area contributed by atoms with Gasteiger partial charge in [0, 0.05) is 31.1 Å². The Morgan fingerprint density at radius 1 is 1.21 bits per heavy atom. The molecule has 0 radical (unpaired) electrons. The molecule has 0 saturated carbocycles.